The monoisotopic (exact) mass is 322 g/mol. The van der Waals surface area contributed by atoms with E-state index in [1.807, 2.05) is 0 Å². The Bertz CT molecular complexity index is 327. The Labute approximate surface area is 131 Å². The van der Waals surface area contributed by atoms with Crippen molar-refractivity contribution in [2.75, 3.05) is 0 Å². The third-order valence-corrected chi connectivity index (χ3v) is 5.32. The number of aliphatic hydroxyl groups is 1. The molecule has 0 aliphatic carbocycles. The van der Waals surface area contributed by atoms with Gasteiger partial charge < -0.3 is 5.11 Å². The zero-order valence-electron chi connectivity index (χ0n) is 13.8. The Hall–Kier alpha value is -0.130. The normalized spacial score (nSPS) is 15.0. The Kier molecular flexibility index (Phi) is 12.3. The zero-order chi connectivity index (χ0) is 16.1. The summed E-state index contributed by atoms with van der Waals surface area (Å²) in [6.45, 7) is 4.24. The average molecular weight is 323 g/mol. The van der Waals surface area contributed by atoms with Crippen LogP contribution in [-0.2, 0) is 10.1 Å². The lowest BCUT2D eigenvalue weighted by Gasteiger charge is -2.20. The van der Waals surface area contributed by atoms with Gasteiger partial charge in [0.25, 0.3) is 10.1 Å². The smallest absolute Gasteiger partial charge is 0.270 e. The summed E-state index contributed by atoms with van der Waals surface area (Å²) in [5, 5.41) is 9.00. The standard InChI is InChI=1S/C16H34O4S/c1-3-5-7-8-9-10-12-14-16(21(18,19)20)15(17)13-11-6-4-2/h15-17H,3-14H2,1-2H3,(H,18,19,20). The lowest BCUT2D eigenvalue weighted by molar-refractivity contribution is 0.146. The van der Waals surface area contributed by atoms with Crippen LogP contribution in [0.3, 0.4) is 0 Å². The van der Waals surface area contributed by atoms with Gasteiger partial charge in [-0.25, -0.2) is 0 Å². The molecule has 0 heterocycles. The van der Waals surface area contributed by atoms with Crippen LogP contribution in [0.4, 0.5) is 0 Å². The summed E-state index contributed by atoms with van der Waals surface area (Å²) in [7, 11) is -4.15. The van der Waals surface area contributed by atoms with E-state index in [2.05, 4.69) is 13.8 Å². The predicted molar refractivity (Wildman–Crippen MR) is 88.1 cm³/mol. The molecular weight excluding hydrogens is 288 g/mol. The highest BCUT2D eigenvalue weighted by atomic mass is 32.2. The van der Waals surface area contributed by atoms with Crippen molar-refractivity contribution in [2.45, 2.75) is 102 Å². The Balaban J connectivity index is 4.03. The van der Waals surface area contributed by atoms with Gasteiger partial charge in [-0.1, -0.05) is 78.1 Å². The molecule has 2 atom stereocenters. The molecule has 0 aliphatic heterocycles. The van der Waals surface area contributed by atoms with Gasteiger partial charge in [0.1, 0.15) is 5.25 Å². The van der Waals surface area contributed by atoms with Gasteiger partial charge in [0.05, 0.1) is 6.10 Å². The summed E-state index contributed by atoms with van der Waals surface area (Å²) < 4.78 is 32.1. The van der Waals surface area contributed by atoms with Gasteiger partial charge in [-0.15, -0.1) is 0 Å². The van der Waals surface area contributed by atoms with E-state index >= 15 is 0 Å². The van der Waals surface area contributed by atoms with Crippen LogP contribution in [0.15, 0.2) is 0 Å². The van der Waals surface area contributed by atoms with E-state index in [0.29, 0.717) is 12.8 Å². The van der Waals surface area contributed by atoms with Crippen molar-refractivity contribution in [3.05, 3.63) is 0 Å². The molecule has 21 heavy (non-hydrogen) atoms. The quantitative estimate of drug-likeness (QED) is 0.369. The summed E-state index contributed by atoms with van der Waals surface area (Å²) in [6.07, 6.45) is 10.4. The van der Waals surface area contributed by atoms with Crippen LogP contribution in [0.2, 0.25) is 0 Å². The molecular formula is C16H34O4S. The van der Waals surface area contributed by atoms with Gasteiger partial charge in [-0.3, -0.25) is 4.55 Å². The molecule has 0 amide bonds. The largest absolute Gasteiger partial charge is 0.392 e. The van der Waals surface area contributed by atoms with Crippen molar-refractivity contribution in [2.24, 2.45) is 0 Å². The van der Waals surface area contributed by atoms with Gasteiger partial charge in [0.15, 0.2) is 0 Å². The highest BCUT2D eigenvalue weighted by molar-refractivity contribution is 7.86. The molecule has 0 rings (SSSR count). The summed E-state index contributed by atoms with van der Waals surface area (Å²) in [4.78, 5) is 0. The molecule has 4 nitrogen and oxygen atoms in total. The van der Waals surface area contributed by atoms with E-state index in [9.17, 15) is 18.1 Å². The van der Waals surface area contributed by atoms with Crippen LogP contribution in [-0.4, -0.2) is 29.4 Å². The topological polar surface area (TPSA) is 74.6 Å². The number of hydrogen-bond acceptors (Lipinski definition) is 3. The third-order valence-electron chi connectivity index (χ3n) is 4.01. The molecule has 0 radical (unpaired) electrons. The lowest BCUT2D eigenvalue weighted by atomic mass is 10.0. The first kappa shape index (κ1) is 20.9. The molecule has 0 spiro atoms. The van der Waals surface area contributed by atoms with Crippen LogP contribution < -0.4 is 0 Å². The molecule has 0 aliphatic rings. The second-order valence-electron chi connectivity index (χ2n) is 6.03. The van der Waals surface area contributed by atoms with E-state index in [4.69, 9.17) is 0 Å². The van der Waals surface area contributed by atoms with Gasteiger partial charge in [-0.05, 0) is 12.8 Å². The molecule has 2 N–H and O–H groups in total. The first-order valence-electron chi connectivity index (χ1n) is 8.57. The first-order chi connectivity index (χ1) is 9.93. The van der Waals surface area contributed by atoms with E-state index in [-0.39, 0.29) is 0 Å². The summed E-state index contributed by atoms with van der Waals surface area (Å²) in [5.74, 6) is 0. The maximum Gasteiger partial charge on any atom is 0.270 e. The molecule has 0 aromatic rings. The van der Waals surface area contributed by atoms with Crippen molar-refractivity contribution in [3.8, 4) is 0 Å². The molecule has 5 heteroatoms. The fourth-order valence-corrected chi connectivity index (χ4v) is 3.63. The van der Waals surface area contributed by atoms with E-state index < -0.39 is 21.5 Å². The molecule has 0 saturated heterocycles. The summed E-state index contributed by atoms with van der Waals surface area (Å²) >= 11 is 0. The van der Waals surface area contributed by atoms with Crippen LogP contribution >= 0.6 is 0 Å². The van der Waals surface area contributed by atoms with Crippen molar-refractivity contribution < 1.29 is 18.1 Å². The second kappa shape index (κ2) is 12.4. The highest BCUT2D eigenvalue weighted by Gasteiger charge is 2.29. The molecule has 0 saturated carbocycles. The van der Waals surface area contributed by atoms with Crippen LogP contribution in [0.5, 0.6) is 0 Å². The molecule has 0 aromatic heterocycles. The molecule has 0 bridgehead atoms. The van der Waals surface area contributed by atoms with Crippen molar-refractivity contribution >= 4 is 10.1 Å². The molecule has 0 fully saturated rings. The fourth-order valence-electron chi connectivity index (χ4n) is 2.63. The predicted octanol–water partition coefficient (Wildman–Crippen LogP) is 4.32. The summed E-state index contributed by atoms with van der Waals surface area (Å²) in [5.41, 5.74) is 0. The third kappa shape index (κ3) is 11.1. The molecule has 0 aromatic carbocycles. The number of rotatable bonds is 14. The Morgan fingerprint density at radius 3 is 1.71 bits per heavy atom. The van der Waals surface area contributed by atoms with Gasteiger partial charge in [-0.2, -0.15) is 8.42 Å². The Morgan fingerprint density at radius 2 is 1.19 bits per heavy atom. The second-order valence-corrected chi connectivity index (χ2v) is 7.66. The summed E-state index contributed by atoms with van der Waals surface area (Å²) in [6, 6.07) is 0. The fraction of sp³-hybridized carbons (Fsp3) is 1.00. The number of hydrogen-bond donors (Lipinski definition) is 2. The first-order valence-corrected chi connectivity index (χ1v) is 10.1. The molecule has 2 unspecified atom stereocenters. The van der Waals surface area contributed by atoms with Crippen molar-refractivity contribution in [1.82, 2.24) is 0 Å². The van der Waals surface area contributed by atoms with Crippen LogP contribution in [0.1, 0.15) is 90.9 Å². The maximum atomic E-state index is 11.4. The Morgan fingerprint density at radius 1 is 0.762 bits per heavy atom. The van der Waals surface area contributed by atoms with Gasteiger partial charge in [0.2, 0.25) is 0 Å². The average Bonchev–Trinajstić information content (AvgIpc) is 2.40. The minimum Gasteiger partial charge on any atom is -0.392 e. The highest BCUT2D eigenvalue weighted by Crippen LogP contribution is 2.19. The number of unbranched alkanes of at least 4 members (excludes halogenated alkanes) is 8. The zero-order valence-corrected chi connectivity index (χ0v) is 14.6. The van der Waals surface area contributed by atoms with Crippen LogP contribution in [0.25, 0.3) is 0 Å². The van der Waals surface area contributed by atoms with Crippen molar-refractivity contribution in [3.63, 3.8) is 0 Å². The minimum atomic E-state index is -4.15. The van der Waals surface area contributed by atoms with Crippen LogP contribution in [0, 0.1) is 0 Å². The van der Waals surface area contributed by atoms with E-state index in [1.54, 1.807) is 0 Å². The van der Waals surface area contributed by atoms with Gasteiger partial charge >= 0.3 is 0 Å². The number of aliphatic hydroxyl groups excluding tert-OH is 1. The minimum absolute atomic E-state index is 0.361. The SMILES string of the molecule is CCCCCCCCCC(C(O)CCCCC)S(=O)(=O)O. The van der Waals surface area contributed by atoms with E-state index in [0.717, 1.165) is 38.5 Å². The van der Waals surface area contributed by atoms with E-state index in [1.165, 1.54) is 25.7 Å². The lowest BCUT2D eigenvalue weighted by Crippen LogP contribution is -2.33. The maximum absolute atomic E-state index is 11.4. The van der Waals surface area contributed by atoms with Crippen molar-refractivity contribution in [1.29, 1.82) is 0 Å². The van der Waals surface area contributed by atoms with Gasteiger partial charge in [0, 0.05) is 0 Å². The molecule has 128 valence electrons.